The number of nitrogens with zero attached hydrogens (tertiary/aromatic N) is 18. The maximum absolute atomic E-state index is 9.89. The Morgan fingerprint density at radius 1 is 0.448 bits per heavy atom. The molecule has 2 saturated heterocycles. The molecular weight excluding hydrogens is 1590 g/mol. The smallest absolute Gasteiger partial charge is 0.173 e. The first-order valence-corrected chi connectivity index (χ1v) is 38.9. The highest BCUT2D eigenvalue weighted by Gasteiger charge is 2.34. The number of rotatable bonds is 22. The van der Waals surface area contributed by atoms with Crippen LogP contribution in [0, 0.1) is 0 Å². The molecule has 4 fully saturated rings. The second-order valence-corrected chi connectivity index (χ2v) is 30.1. The van der Waals surface area contributed by atoms with Crippen LogP contribution in [-0.4, -0.2) is 156 Å². The maximum Gasteiger partial charge on any atom is 0.173 e. The SMILES string of the molecule is NC1CCC(Nc2cc(NCc3cccnc3)n3ncc(Br)c3n2)CC1.OCC1(Nc2cc(NCc3cccnc3)n3ncc(Br)c3n2)CCCC1.OCC1CCCCN1c1cc(NCc2cccnc2)n2ncc(Br)c2n1.OCCC1CCCCN1c1cc(NCc2cccnc2)n2ncc(Br)c2n1. The molecule has 550 valence electrons. The van der Waals surface area contributed by atoms with Gasteiger partial charge in [-0.1, -0.05) is 37.1 Å². The number of pyridine rings is 4. The topological polar surface area (TPSA) is 338 Å². The van der Waals surface area contributed by atoms with E-state index in [0.29, 0.717) is 44.3 Å². The minimum absolute atomic E-state index is 0.110. The van der Waals surface area contributed by atoms with Crippen LogP contribution in [0.4, 0.5) is 46.5 Å². The van der Waals surface area contributed by atoms with Crippen molar-refractivity contribution in [1.82, 2.24) is 78.3 Å². The normalized spacial score (nSPS) is 17.8. The van der Waals surface area contributed by atoms with Gasteiger partial charge in [0, 0.05) is 138 Å². The van der Waals surface area contributed by atoms with Crippen molar-refractivity contribution in [3.63, 3.8) is 0 Å². The van der Waals surface area contributed by atoms with Gasteiger partial charge in [0.05, 0.1) is 67.5 Å². The monoisotopic (exact) mass is 1680 g/mol. The van der Waals surface area contributed by atoms with Gasteiger partial charge in [-0.3, -0.25) is 19.9 Å². The third-order valence-corrected chi connectivity index (χ3v) is 21.6. The highest BCUT2D eigenvalue weighted by atomic mass is 79.9. The van der Waals surface area contributed by atoms with Crippen molar-refractivity contribution in [3.05, 3.63) is 187 Å². The Hall–Kier alpha value is -8.76. The van der Waals surface area contributed by atoms with E-state index in [1.165, 1.54) is 6.42 Å². The largest absolute Gasteiger partial charge is 0.396 e. The summed E-state index contributed by atoms with van der Waals surface area (Å²) in [6, 6.07) is 25.1. The summed E-state index contributed by atoms with van der Waals surface area (Å²) in [6.45, 7) is 4.93. The van der Waals surface area contributed by atoms with E-state index >= 15 is 0 Å². The maximum atomic E-state index is 9.89. The minimum atomic E-state index is -0.279. The molecule has 0 amide bonds. The van der Waals surface area contributed by atoms with Crippen LogP contribution in [0.5, 0.6) is 0 Å². The van der Waals surface area contributed by atoms with Gasteiger partial charge >= 0.3 is 0 Å². The summed E-state index contributed by atoms with van der Waals surface area (Å²) >= 11 is 14.1. The van der Waals surface area contributed by atoms with Gasteiger partial charge in [0.15, 0.2) is 22.6 Å². The molecule has 2 unspecified atom stereocenters. The fraction of sp³-hybridized carbons (Fsp3) is 0.397. The van der Waals surface area contributed by atoms with Crippen LogP contribution >= 0.6 is 63.7 Å². The zero-order valence-electron chi connectivity index (χ0n) is 58.1. The molecule has 2 aliphatic carbocycles. The first kappa shape index (κ1) is 74.5. The molecule has 0 spiro atoms. The number of aliphatic hydroxyl groups is 3. The van der Waals surface area contributed by atoms with Crippen LogP contribution in [0.1, 0.15) is 119 Å². The highest BCUT2D eigenvalue weighted by molar-refractivity contribution is 9.11. The van der Waals surface area contributed by atoms with E-state index in [1.807, 2.05) is 101 Å². The molecule has 0 aromatic carbocycles. The van der Waals surface area contributed by atoms with Gasteiger partial charge < -0.3 is 62.8 Å². The van der Waals surface area contributed by atoms with Gasteiger partial charge in [0.25, 0.3) is 0 Å². The summed E-state index contributed by atoms with van der Waals surface area (Å²) in [6.07, 6.45) is 37.4. The van der Waals surface area contributed by atoms with E-state index in [9.17, 15) is 15.3 Å². The third-order valence-electron chi connectivity index (χ3n) is 19.4. The molecule has 4 aliphatic rings. The second-order valence-electron chi connectivity index (χ2n) is 26.7. The van der Waals surface area contributed by atoms with E-state index in [2.05, 4.69) is 157 Å². The average Bonchev–Trinajstić information content (AvgIpc) is 1.79. The lowest BCUT2D eigenvalue weighted by molar-refractivity contribution is 0.214. The van der Waals surface area contributed by atoms with Crippen molar-refractivity contribution in [2.45, 2.75) is 152 Å². The van der Waals surface area contributed by atoms with Gasteiger partial charge in [0.1, 0.15) is 46.5 Å². The molecule has 16 rings (SSSR count). The fourth-order valence-electron chi connectivity index (χ4n) is 13.8. The van der Waals surface area contributed by atoms with Gasteiger partial charge in [-0.05, 0) is 194 Å². The zero-order valence-corrected chi connectivity index (χ0v) is 64.5. The Bertz CT molecular complexity index is 4730. The molecule has 12 aromatic rings. The standard InChI is InChI=1S/C19H23BrN6O.C18H22BrN7.2C18H21BrN6O/c20-16-13-23-26-17(22-12-14-4-3-7-21-11-14)10-18(24-19(16)26)25-8-2-1-5-15(25)6-9-27;19-15-11-23-26-17(22-10-12-2-1-7-21-9-12)8-16(25-18(15)26)24-14-5-3-13(20)4-6-14;19-15-11-22-25-16(21-10-13-4-3-6-20-9-13)8-17(23-18(15)25)24-7-2-1-5-14(24)12-26;19-14-11-22-25-16(21-10-13-4-3-7-20-9-13)8-15(23-17(14)25)24-18(12-26)5-1-2-6-18/h3-4,7,10-11,13,15,22,27H,1-2,5-6,8-9,12H2;1-2,7-9,11,13-14,22H,3-6,10,20H2,(H,24,25);3-4,6,8-9,11,14,21,26H,1-2,5,7,10,12H2;3-4,7-9,11,21,26H,1-2,5-6,10,12H2,(H,23,24). The number of aliphatic hydroxyl groups excluding tert-OH is 3. The molecule has 2 aliphatic heterocycles. The first-order chi connectivity index (χ1) is 51.4. The van der Waals surface area contributed by atoms with E-state index in [1.54, 1.807) is 58.6 Å². The van der Waals surface area contributed by atoms with E-state index in [-0.39, 0.29) is 31.4 Å². The lowest BCUT2D eigenvalue weighted by Gasteiger charge is -2.36. The Morgan fingerprint density at radius 3 is 1.24 bits per heavy atom. The van der Waals surface area contributed by atoms with Crippen LogP contribution < -0.4 is 47.4 Å². The highest BCUT2D eigenvalue weighted by Crippen LogP contribution is 2.36. The average molecular weight is 1680 g/mol. The predicted molar refractivity (Wildman–Crippen MR) is 424 cm³/mol. The van der Waals surface area contributed by atoms with Gasteiger partial charge in [-0.2, -0.15) is 38.5 Å². The number of anilines is 8. The molecule has 105 heavy (non-hydrogen) atoms. The Labute approximate surface area is 641 Å². The van der Waals surface area contributed by atoms with E-state index in [0.717, 1.165) is 212 Å². The molecule has 2 saturated carbocycles. The quantitative estimate of drug-likeness (QED) is 0.0301. The predicted octanol–water partition coefficient (Wildman–Crippen LogP) is 12.5. The number of aromatic nitrogens is 16. The molecule has 14 heterocycles. The summed E-state index contributed by atoms with van der Waals surface area (Å²) in [4.78, 5) is 40.2. The molecule has 28 nitrogen and oxygen atoms in total. The van der Waals surface area contributed by atoms with Gasteiger partial charge in [-0.25, -0.2) is 19.9 Å². The summed E-state index contributed by atoms with van der Waals surface area (Å²) in [5.74, 6) is 6.86. The van der Waals surface area contributed by atoms with Crippen molar-refractivity contribution in [1.29, 1.82) is 0 Å². The van der Waals surface area contributed by atoms with E-state index < -0.39 is 0 Å². The molecule has 0 radical (unpaired) electrons. The summed E-state index contributed by atoms with van der Waals surface area (Å²) in [5, 5.41) is 67.6. The van der Waals surface area contributed by atoms with Crippen LogP contribution in [-0.2, 0) is 26.2 Å². The van der Waals surface area contributed by atoms with Crippen molar-refractivity contribution < 1.29 is 15.3 Å². The third kappa shape index (κ3) is 18.9. The van der Waals surface area contributed by atoms with Gasteiger partial charge in [-0.15, -0.1) is 0 Å². The Balaban J connectivity index is 0.000000124. The summed E-state index contributed by atoms with van der Waals surface area (Å²) in [5.41, 5.74) is 13.2. The van der Waals surface area contributed by atoms with Crippen molar-refractivity contribution in [3.8, 4) is 0 Å². The lowest BCUT2D eigenvalue weighted by Crippen LogP contribution is -2.42. The van der Waals surface area contributed by atoms with Crippen LogP contribution in [0.3, 0.4) is 0 Å². The molecule has 12 aromatic heterocycles. The lowest BCUT2D eigenvalue weighted by atomic mass is 9.92. The first-order valence-electron chi connectivity index (χ1n) is 35.7. The zero-order chi connectivity index (χ0) is 72.5. The molecule has 2 atom stereocenters. The Morgan fingerprint density at radius 2 is 0.838 bits per heavy atom. The number of halogens is 4. The molecule has 11 N–H and O–H groups in total. The molecular formula is C73H87Br4N25O3. The fourth-order valence-corrected chi connectivity index (χ4v) is 15.2. The van der Waals surface area contributed by atoms with Crippen molar-refractivity contribution >= 4 is 133 Å². The number of hydrogen-bond donors (Lipinski definition) is 10. The molecule has 0 bridgehead atoms. The van der Waals surface area contributed by atoms with Crippen LogP contribution in [0.2, 0.25) is 0 Å². The van der Waals surface area contributed by atoms with Crippen LogP contribution in [0.25, 0.3) is 22.6 Å². The number of hydrogen-bond acceptors (Lipinski definition) is 24. The minimum Gasteiger partial charge on any atom is -0.396 e. The molecule has 32 heteroatoms. The van der Waals surface area contributed by atoms with E-state index in [4.69, 9.17) is 20.7 Å². The number of piperidine rings is 2. The number of nitrogens with two attached hydrogens (primary N) is 1. The van der Waals surface area contributed by atoms with Crippen molar-refractivity contribution in [2.24, 2.45) is 5.73 Å². The summed E-state index contributed by atoms with van der Waals surface area (Å²) < 4.78 is 10.6. The van der Waals surface area contributed by atoms with Gasteiger partial charge in [0.2, 0.25) is 0 Å². The number of nitrogens with one attached hydrogen (secondary N) is 6. The Kier molecular flexibility index (Phi) is 25.6. The van der Waals surface area contributed by atoms with Crippen molar-refractivity contribution in [2.75, 3.05) is 74.6 Å². The number of fused-ring (bicyclic) bond motifs is 4. The second kappa shape index (κ2) is 36.0. The van der Waals surface area contributed by atoms with Crippen LogP contribution in [0.15, 0.2) is 165 Å². The summed E-state index contributed by atoms with van der Waals surface area (Å²) in [7, 11) is 0.